The van der Waals surface area contributed by atoms with E-state index in [0.717, 1.165) is 20.5 Å². The lowest BCUT2D eigenvalue weighted by Gasteiger charge is -2.27. The molecule has 0 unspecified atom stereocenters. The molecule has 0 bridgehead atoms. The number of hydrogen-bond donors (Lipinski definition) is 2. The molecule has 0 saturated carbocycles. The number of aromatic amines is 1. The summed E-state index contributed by atoms with van der Waals surface area (Å²) in [6, 6.07) is 11.4. The first kappa shape index (κ1) is 15.4. The van der Waals surface area contributed by atoms with Gasteiger partial charge in [0.1, 0.15) is 17.4 Å². The highest BCUT2D eigenvalue weighted by atomic mass is 79.9. The Morgan fingerprint density at radius 1 is 1.23 bits per heavy atom. The van der Waals surface area contributed by atoms with Gasteiger partial charge in [-0.05, 0) is 39.6 Å². The van der Waals surface area contributed by atoms with Gasteiger partial charge in [0, 0.05) is 10.0 Å². The predicted molar refractivity (Wildman–Crippen MR) is 101 cm³/mol. The monoisotopic (exact) mass is 427 g/mol. The van der Waals surface area contributed by atoms with Crippen LogP contribution in [0.5, 0.6) is 0 Å². The zero-order valence-corrected chi connectivity index (χ0v) is 15.5. The van der Waals surface area contributed by atoms with Gasteiger partial charge in [-0.25, -0.2) is 5.10 Å². The minimum Gasteiger partial charge on any atom is -0.318 e. The summed E-state index contributed by atoms with van der Waals surface area (Å²) >= 11 is 5.07. The molecular weight excluding hydrogens is 418 g/mol. The molecule has 8 nitrogen and oxygen atoms in total. The van der Waals surface area contributed by atoms with Crippen LogP contribution < -0.4 is 10.9 Å². The Hall–Kier alpha value is -2.85. The van der Waals surface area contributed by atoms with Crippen molar-refractivity contribution < 1.29 is 0 Å². The summed E-state index contributed by atoms with van der Waals surface area (Å²) in [6.07, 6.45) is 0. The van der Waals surface area contributed by atoms with Crippen molar-refractivity contribution in [3.63, 3.8) is 0 Å². The first-order valence-electron chi connectivity index (χ1n) is 7.69. The second-order valence-electron chi connectivity index (χ2n) is 5.70. The highest BCUT2D eigenvalue weighted by Crippen LogP contribution is 2.42. The van der Waals surface area contributed by atoms with Gasteiger partial charge < -0.3 is 5.32 Å². The van der Waals surface area contributed by atoms with E-state index in [2.05, 4.69) is 47.0 Å². The number of hydrogen-bond acceptors (Lipinski definition) is 7. The quantitative estimate of drug-likeness (QED) is 0.449. The van der Waals surface area contributed by atoms with Crippen molar-refractivity contribution in [2.75, 3.05) is 5.32 Å². The number of aromatic nitrogens is 6. The summed E-state index contributed by atoms with van der Waals surface area (Å²) in [5, 5.41) is 23.8. The minimum atomic E-state index is -0.374. The topological polar surface area (TPSA) is 101 Å². The van der Waals surface area contributed by atoms with Crippen molar-refractivity contribution in [3.8, 4) is 10.6 Å². The fourth-order valence-corrected chi connectivity index (χ4v) is 4.27. The Balaban J connectivity index is 1.85. The first-order valence-corrected chi connectivity index (χ1v) is 9.36. The van der Waals surface area contributed by atoms with Gasteiger partial charge >= 0.3 is 0 Å². The summed E-state index contributed by atoms with van der Waals surface area (Å²) in [5.74, 6) is 0.413. The van der Waals surface area contributed by atoms with Gasteiger partial charge in [-0.1, -0.05) is 39.2 Å². The zero-order chi connectivity index (χ0) is 17.7. The van der Waals surface area contributed by atoms with Gasteiger partial charge in [0.15, 0.2) is 0 Å². The van der Waals surface area contributed by atoms with E-state index in [9.17, 15) is 4.79 Å². The van der Waals surface area contributed by atoms with E-state index in [1.807, 2.05) is 41.8 Å². The van der Waals surface area contributed by atoms with Gasteiger partial charge in [0.2, 0.25) is 5.95 Å². The largest absolute Gasteiger partial charge is 0.318 e. The number of rotatable bonds is 2. The molecule has 0 saturated heterocycles. The van der Waals surface area contributed by atoms with Crippen molar-refractivity contribution in [2.24, 2.45) is 0 Å². The minimum absolute atomic E-state index is 0.311. The number of nitrogens with one attached hydrogen (secondary N) is 2. The van der Waals surface area contributed by atoms with Crippen LogP contribution in [0.3, 0.4) is 0 Å². The molecule has 0 fully saturated rings. The number of anilines is 2. The van der Waals surface area contributed by atoms with E-state index in [4.69, 9.17) is 0 Å². The van der Waals surface area contributed by atoms with Crippen LogP contribution in [0.25, 0.3) is 10.6 Å². The third-order valence-electron chi connectivity index (χ3n) is 4.19. The van der Waals surface area contributed by atoms with E-state index >= 15 is 0 Å². The smallest absolute Gasteiger partial charge is 0.288 e. The highest BCUT2D eigenvalue weighted by molar-refractivity contribution is 9.10. The average Bonchev–Trinajstić information content (AvgIpc) is 3.32. The van der Waals surface area contributed by atoms with Crippen molar-refractivity contribution >= 4 is 38.9 Å². The SMILES string of the molecule is O=c1[nH]nc(-c2cccs2)c2c1Nc1nnnn1[C@@H]2c1cccc(Br)c1. The van der Waals surface area contributed by atoms with E-state index < -0.39 is 0 Å². The predicted octanol–water partition coefficient (Wildman–Crippen LogP) is 2.94. The molecule has 1 aliphatic rings. The van der Waals surface area contributed by atoms with Gasteiger partial charge in [-0.15, -0.1) is 11.3 Å². The maximum absolute atomic E-state index is 12.5. The number of H-pyrrole nitrogens is 1. The molecule has 4 aromatic rings. The third-order valence-corrected chi connectivity index (χ3v) is 5.56. The van der Waals surface area contributed by atoms with Crippen molar-refractivity contribution in [1.29, 1.82) is 0 Å². The Morgan fingerprint density at radius 2 is 2.15 bits per heavy atom. The molecule has 4 heterocycles. The van der Waals surface area contributed by atoms with Gasteiger partial charge in [0.25, 0.3) is 5.56 Å². The lowest BCUT2D eigenvalue weighted by molar-refractivity contribution is 0.567. The number of halogens is 1. The first-order chi connectivity index (χ1) is 12.7. The lowest BCUT2D eigenvalue weighted by Crippen LogP contribution is -2.29. The summed E-state index contributed by atoms with van der Waals surface area (Å²) in [7, 11) is 0. The lowest BCUT2D eigenvalue weighted by atomic mass is 9.94. The summed E-state index contributed by atoms with van der Waals surface area (Å²) < 4.78 is 2.60. The second-order valence-corrected chi connectivity index (χ2v) is 7.56. The number of tetrazole rings is 1. The van der Waals surface area contributed by atoms with Crippen LogP contribution in [0.2, 0.25) is 0 Å². The standard InChI is InChI=1S/C16H10BrN7OS/c17-9-4-1-3-8(7-9)14-11-12(10-5-2-6-26-10)19-20-15(25)13(11)18-16-21-22-23-24(14)16/h1-7,14H,(H,20,25)(H,18,21,23)/t14-/m1/s1. The number of nitrogens with zero attached hydrogens (tertiary/aromatic N) is 5. The number of benzene rings is 1. The molecule has 0 amide bonds. The molecule has 2 N–H and O–H groups in total. The van der Waals surface area contributed by atoms with Crippen LogP contribution in [0.4, 0.5) is 11.6 Å². The maximum atomic E-state index is 12.5. The van der Waals surface area contributed by atoms with Gasteiger partial charge in [-0.2, -0.15) is 9.78 Å². The normalized spacial score (nSPS) is 15.2. The molecule has 10 heteroatoms. The zero-order valence-electron chi connectivity index (χ0n) is 13.0. The van der Waals surface area contributed by atoms with E-state index in [0.29, 0.717) is 17.3 Å². The van der Waals surface area contributed by atoms with Crippen molar-refractivity contribution in [1.82, 2.24) is 30.4 Å². The molecule has 5 rings (SSSR count). The van der Waals surface area contributed by atoms with Crippen LogP contribution in [0.15, 0.2) is 51.0 Å². The van der Waals surface area contributed by atoms with Gasteiger partial charge in [0.05, 0.1) is 4.88 Å². The average molecular weight is 428 g/mol. The molecule has 1 aliphatic heterocycles. The Kier molecular flexibility index (Phi) is 3.47. The summed E-state index contributed by atoms with van der Waals surface area (Å²) in [4.78, 5) is 13.5. The Labute approximate surface area is 159 Å². The molecule has 0 spiro atoms. The van der Waals surface area contributed by atoms with Crippen LogP contribution in [-0.4, -0.2) is 30.4 Å². The highest BCUT2D eigenvalue weighted by Gasteiger charge is 2.34. The Morgan fingerprint density at radius 3 is 2.96 bits per heavy atom. The van der Waals surface area contributed by atoms with E-state index in [1.54, 1.807) is 16.0 Å². The fourth-order valence-electron chi connectivity index (χ4n) is 3.12. The molecule has 1 aromatic carbocycles. The maximum Gasteiger partial charge on any atom is 0.288 e. The van der Waals surface area contributed by atoms with E-state index in [1.165, 1.54) is 0 Å². The van der Waals surface area contributed by atoms with Crippen molar-refractivity contribution in [3.05, 3.63) is 67.7 Å². The molecule has 0 aliphatic carbocycles. The van der Waals surface area contributed by atoms with Crippen LogP contribution in [0.1, 0.15) is 17.2 Å². The van der Waals surface area contributed by atoms with Crippen LogP contribution in [0, 0.1) is 0 Å². The molecule has 26 heavy (non-hydrogen) atoms. The van der Waals surface area contributed by atoms with E-state index in [-0.39, 0.29) is 11.6 Å². The molecular formula is C16H10BrN7OS. The third kappa shape index (κ3) is 2.30. The molecule has 3 aromatic heterocycles. The second kappa shape index (κ2) is 5.85. The fraction of sp³-hybridized carbons (Fsp3) is 0.0625. The van der Waals surface area contributed by atoms with Crippen LogP contribution in [-0.2, 0) is 0 Å². The Bertz CT molecular complexity index is 1170. The molecule has 0 radical (unpaired) electrons. The molecule has 1 atom stereocenters. The van der Waals surface area contributed by atoms with Crippen LogP contribution >= 0.6 is 27.3 Å². The summed E-state index contributed by atoms with van der Waals surface area (Å²) in [5.41, 5.74) is 2.49. The summed E-state index contributed by atoms with van der Waals surface area (Å²) in [6.45, 7) is 0. The molecule has 128 valence electrons. The van der Waals surface area contributed by atoms with Crippen molar-refractivity contribution in [2.45, 2.75) is 6.04 Å². The number of thiophene rings is 1. The van der Waals surface area contributed by atoms with Gasteiger partial charge in [-0.3, -0.25) is 4.79 Å². The number of fused-ring (bicyclic) bond motifs is 2.